The molecule has 0 atom stereocenters. The van der Waals surface area contributed by atoms with Crippen LogP contribution in [-0.4, -0.2) is 24.9 Å². The molecule has 0 unspecified atom stereocenters. The molecule has 3 heteroatoms. The van der Waals surface area contributed by atoms with Crippen LogP contribution in [0.5, 0.6) is 0 Å². The monoisotopic (exact) mass is 228 g/mol. The number of nitrogens with one attached hydrogen (secondary N) is 2. The lowest BCUT2D eigenvalue weighted by molar-refractivity contribution is 0.112. The van der Waals surface area contributed by atoms with Gasteiger partial charge >= 0.3 is 0 Å². The minimum Gasteiger partial charge on any atom is -0.360 e. The molecule has 0 bridgehead atoms. The molecule has 3 nitrogen and oxygen atoms in total. The van der Waals surface area contributed by atoms with E-state index in [9.17, 15) is 4.79 Å². The van der Waals surface area contributed by atoms with E-state index >= 15 is 0 Å². The average Bonchev–Trinajstić information content (AvgIpc) is 2.78. The number of fused-ring (bicyclic) bond motifs is 1. The maximum Gasteiger partial charge on any atom is 0.152 e. The van der Waals surface area contributed by atoms with Crippen LogP contribution >= 0.6 is 0 Å². The molecule has 0 aliphatic heterocycles. The summed E-state index contributed by atoms with van der Waals surface area (Å²) in [4.78, 5) is 14.1. The van der Waals surface area contributed by atoms with Crippen LogP contribution in [0.4, 0.5) is 0 Å². The number of aldehydes is 1. The van der Waals surface area contributed by atoms with Gasteiger partial charge in [0.15, 0.2) is 6.29 Å². The van der Waals surface area contributed by atoms with Gasteiger partial charge in [0.05, 0.1) is 0 Å². The second kappa shape index (κ2) is 5.46. The third-order valence-corrected chi connectivity index (χ3v) is 2.75. The second-order valence-corrected chi connectivity index (χ2v) is 3.93. The highest BCUT2D eigenvalue weighted by Gasteiger charge is 2.05. The Hall–Kier alpha value is -1.87. The minimum absolute atomic E-state index is 0.717. The molecule has 1 aromatic carbocycles. The van der Waals surface area contributed by atoms with Gasteiger partial charge in [-0.05, 0) is 31.6 Å². The molecule has 17 heavy (non-hydrogen) atoms. The zero-order valence-electron chi connectivity index (χ0n) is 9.86. The number of hydrogen-bond donors (Lipinski definition) is 2. The Morgan fingerprint density at radius 2 is 2.24 bits per heavy atom. The van der Waals surface area contributed by atoms with Crippen molar-refractivity contribution in [1.29, 1.82) is 0 Å². The van der Waals surface area contributed by atoms with Crippen LogP contribution in [0.3, 0.4) is 0 Å². The molecule has 2 rings (SSSR count). The minimum atomic E-state index is 0.717. The first-order valence-corrected chi connectivity index (χ1v) is 5.73. The van der Waals surface area contributed by atoms with E-state index in [1.165, 1.54) is 0 Å². The summed E-state index contributed by atoms with van der Waals surface area (Å²) >= 11 is 0. The maximum absolute atomic E-state index is 11.0. The molecule has 0 saturated heterocycles. The smallest absolute Gasteiger partial charge is 0.152 e. The van der Waals surface area contributed by atoms with E-state index in [0.29, 0.717) is 5.56 Å². The molecule has 1 heterocycles. The van der Waals surface area contributed by atoms with E-state index in [-0.39, 0.29) is 0 Å². The Kier molecular flexibility index (Phi) is 3.73. The van der Waals surface area contributed by atoms with Crippen molar-refractivity contribution < 1.29 is 4.79 Å². The van der Waals surface area contributed by atoms with Crippen molar-refractivity contribution in [2.24, 2.45) is 0 Å². The zero-order chi connectivity index (χ0) is 12.1. The standard InChI is InChI=1S/C14H16N2O/c1-15-8-3-2-5-11-6-4-7-13-14(11)12(10-17)9-16-13/h2,4-7,9-10,15-16H,3,8H2,1H3. The Bertz CT molecular complexity index is 540. The normalized spacial score (nSPS) is 11.4. The first-order chi connectivity index (χ1) is 8.36. The average molecular weight is 228 g/mol. The third kappa shape index (κ3) is 2.45. The Labute approximate surface area is 101 Å². The van der Waals surface area contributed by atoms with Crippen molar-refractivity contribution in [2.75, 3.05) is 13.6 Å². The van der Waals surface area contributed by atoms with Crippen LogP contribution in [0.2, 0.25) is 0 Å². The topological polar surface area (TPSA) is 44.9 Å². The van der Waals surface area contributed by atoms with Crippen molar-refractivity contribution >= 4 is 23.3 Å². The van der Waals surface area contributed by atoms with Gasteiger partial charge in [-0.15, -0.1) is 0 Å². The molecule has 0 fully saturated rings. The number of rotatable bonds is 5. The van der Waals surface area contributed by atoms with Gasteiger partial charge in [-0.25, -0.2) is 0 Å². The SMILES string of the molecule is CNCCC=Cc1cccc2[nH]cc(C=O)c12. The molecule has 88 valence electrons. The van der Waals surface area contributed by atoms with Crippen LogP contribution < -0.4 is 5.32 Å². The molecule has 1 aromatic heterocycles. The van der Waals surface area contributed by atoms with Gasteiger partial charge < -0.3 is 10.3 Å². The number of aromatic nitrogens is 1. The summed E-state index contributed by atoms with van der Waals surface area (Å²) < 4.78 is 0. The summed E-state index contributed by atoms with van der Waals surface area (Å²) in [6.45, 7) is 0.958. The van der Waals surface area contributed by atoms with Crippen LogP contribution in [0.25, 0.3) is 17.0 Å². The predicted octanol–water partition coefficient (Wildman–Crippen LogP) is 2.60. The molecule has 0 aliphatic carbocycles. The maximum atomic E-state index is 11.0. The number of H-pyrrole nitrogens is 1. The number of hydrogen-bond acceptors (Lipinski definition) is 2. The molecule has 0 amide bonds. The first-order valence-electron chi connectivity index (χ1n) is 5.73. The Balaban J connectivity index is 2.35. The summed E-state index contributed by atoms with van der Waals surface area (Å²) in [6, 6.07) is 6.00. The van der Waals surface area contributed by atoms with Crippen LogP contribution in [0.15, 0.2) is 30.5 Å². The van der Waals surface area contributed by atoms with Crippen molar-refractivity contribution in [1.82, 2.24) is 10.3 Å². The number of aromatic amines is 1. The second-order valence-electron chi connectivity index (χ2n) is 3.93. The van der Waals surface area contributed by atoms with Crippen molar-refractivity contribution in [3.63, 3.8) is 0 Å². The van der Waals surface area contributed by atoms with E-state index in [1.54, 1.807) is 6.20 Å². The lowest BCUT2D eigenvalue weighted by Gasteiger charge is -1.98. The van der Waals surface area contributed by atoms with Crippen LogP contribution in [-0.2, 0) is 0 Å². The van der Waals surface area contributed by atoms with Gasteiger partial charge in [0, 0.05) is 22.7 Å². The lowest BCUT2D eigenvalue weighted by Crippen LogP contribution is -2.05. The van der Waals surface area contributed by atoms with Crippen molar-refractivity contribution in [3.8, 4) is 0 Å². The van der Waals surface area contributed by atoms with E-state index in [0.717, 1.165) is 35.7 Å². The van der Waals surface area contributed by atoms with Gasteiger partial charge in [-0.1, -0.05) is 24.3 Å². The molecule has 2 N–H and O–H groups in total. The fourth-order valence-electron chi connectivity index (χ4n) is 1.91. The van der Waals surface area contributed by atoms with Crippen LogP contribution in [0, 0.1) is 0 Å². The quantitative estimate of drug-likeness (QED) is 0.610. The van der Waals surface area contributed by atoms with E-state index < -0.39 is 0 Å². The fraction of sp³-hybridized carbons (Fsp3) is 0.214. The molecular weight excluding hydrogens is 212 g/mol. The number of benzene rings is 1. The number of carbonyl (C=O) groups excluding carboxylic acids is 1. The van der Waals surface area contributed by atoms with E-state index in [4.69, 9.17) is 0 Å². The number of carbonyl (C=O) groups is 1. The highest BCUT2D eigenvalue weighted by molar-refractivity contribution is 6.01. The molecular formula is C14H16N2O. The van der Waals surface area contributed by atoms with Gasteiger partial charge in [-0.3, -0.25) is 4.79 Å². The first kappa shape index (κ1) is 11.6. The summed E-state index contributed by atoms with van der Waals surface area (Å²) in [5.74, 6) is 0. The largest absolute Gasteiger partial charge is 0.360 e. The zero-order valence-corrected chi connectivity index (χ0v) is 9.86. The van der Waals surface area contributed by atoms with E-state index in [1.807, 2.05) is 25.2 Å². The van der Waals surface area contributed by atoms with Crippen molar-refractivity contribution in [2.45, 2.75) is 6.42 Å². The summed E-state index contributed by atoms with van der Waals surface area (Å²) in [5, 5.41) is 4.10. The Morgan fingerprint density at radius 1 is 1.35 bits per heavy atom. The molecule has 0 radical (unpaired) electrons. The highest BCUT2D eigenvalue weighted by Crippen LogP contribution is 2.22. The highest BCUT2D eigenvalue weighted by atomic mass is 16.1. The van der Waals surface area contributed by atoms with Crippen molar-refractivity contribution in [3.05, 3.63) is 41.6 Å². The molecule has 0 spiro atoms. The Morgan fingerprint density at radius 3 is 3.00 bits per heavy atom. The van der Waals surface area contributed by atoms with Crippen LogP contribution in [0.1, 0.15) is 22.3 Å². The van der Waals surface area contributed by atoms with Gasteiger partial charge in [0.2, 0.25) is 0 Å². The van der Waals surface area contributed by atoms with E-state index in [2.05, 4.69) is 22.5 Å². The third-order valence-electron chi connectivity index (χ3n) is 2.75. The summed E-state index contributed by atoms with van der Waals surface area (Å²) in [7, 11) is 1.94. The van der Waals surface area contributed by atoms with Gasteiger partial charge in [0.1, 0.15) is 0 Å². The summed E-state index contributed by atoms with van der Waals surface area (Å²) in [5.41, 5.74) is 2.80. The predicted molar refractivity (Wildman–Crippen MR) is 71.3 cm³/mol. The van der Waals surface area contributed by atoms with Gasteiger partial charge in [-0.2, -0.15) is 0 Å². The molecule has 0 saturated carbocycles. The summed E-state index contributed by atoms with van der Waals surface area (Å²) in [6.07, 6.45) is 7.81. The molecule has 2 aromatic rings. The molecule has 0 aliphatic rings. The fourth-order valence-corrected chi connectivity index (χ4v) is 1.91. The lowest BCUT2D eigenvalue weighted by atomic mass is 10.1. The van der Waals surface area contributed by atoms with Gasteiger partial charge in [0.25, 0.3) is 0 Å².